The third-order valence-corrected chi connectivity index (χ3v) is 1.92. The molecule has 0 aromatic heterocycles. The largest absolute Gasteiger partial charge is 0.436 e. The van der Waals surface area contributed by atoms with Gasteiger partial charge in [0.1, 0.15) is 6.54 Å². The van der Waals surface area contributed by atoms with E-state index in [1.54, 1.807) is 20.8 Å². The van der Waals surface area contributed by atoms with Crippen LogP contribution in [0.3, 0.4) is 0 Å². The van der Waals surface area contributed by atoms with Gasteiger partial charge in [-0.15, -0.1) is 0 Å². The van der Waals surface area contributed by atoms with Gasteiger partial charge in [0, 0.05) is 19.3 Å². The van der Waals surface area contributed by atoms with Crippen molar-refractivity contribution in [2.75, 3.05) is 6.54 Å². The van der Waals surface area contributed by atoms with E-state index in [1.807, 2.05) is 0 Å². The van der Waals surface area contributed by atoms with Gasteiger partial charge in [0.25, 0.3) is 0 Å². The minimum atomic E-state index is -2.16. The highest BCUT2D eigenvalue weighted by Crippen LogP contribution is 2.17. The lowest BCUT2D eigenvalue weighted by Crippen LogP contribution is -2.50. The monoisotopic (exact) mass is 261 g/mol. The summed E-state index contributed by atoms with van der Waals surface area (Å²) in [6.07, 6.45) is 0.110. The Morgan fingerprint density at radius 1 is 0.833 bits per heavy atom. The molecular weight excluding hydrogens is 242 g/mol. The van der Waals surface area contributed by atoms with Crippen LogP contribution in [0, 0.1) is 0 Å². The number of rotatable bonds is 7. The highest BCUT2D eigenvalue weighted by Gasteiger charge is 2.41. The van der Waals surface area contributed by atoms with Crippen molar-refractivity contribution in [1.29, 1.82) is 0 Å². The van der Waals surface area contributed by atoms with E-state index in [1.165, 1.54) is 0 Å². The molecule has 0 saturated heterocycles. The Balaban J connectivity index is 4.98. The summed E-state index contributed by atoms with van der Waals surface area (Å²) >= 11 is 0. The number of nitrogens with two attached hydrogens (primary N) is 1. The Morgan fingerprint density at radius 3 is 1.28 bits per heavy atom. The molecule has 0 aliphatic rings. The summed E-state index contributed by atoms with van der Waals surface area (Å²) in [5.41, 5.74) is 5.39. The number of hydrogen-bond donors (Lipinski definition) is 1. The summed E-state index contributed by atoms with van der Waals surface area (Å²) in [5.74, 6) is -4.22. The molecule has 0 aliphatic heterocycles. The van der Waals surface area contributed by atoms with Gasteiger partial charge in [-0.05, 0) is 0 Å². The van der Waals surface area contributed by atoms with E-state index in [0.717, 1.165) is 0 Å². The quantitative estimate of drug-likeness (QED) is 0.524. The van der Waals surface area contributed by atoms with Crippen LogP contribution < -0.4 is 5.73 Å². The lowest BCUT2D eigenvalue weighted by Gasteiger charge is -2.29. The lowest BCUT2D eigenvalue weighted by atomic mass is 10.4. The molecule has 0 aromatic rings. The molecule has 0 unspecified atom stereocenters. The first-order chi connectivity index (χ1) is 8.42. The van der Waals surface area contributed by atoms with Crippen LogP contribution in [0.5, 0.6) is 0 Å². The topological polar surface area (TPSA) is 105 Å². The van der Waals surface area contributed by atoms with Crippen molar-refractivity contribution in [1.82, 2.24) is 0 Å². The van der Waals surface area contributed by atoms with E-state index < -0.39 is 30.4 Å². The predicted molar refractivity (Wildman–Crippen MR) is 60.9 cm³/mol. The summed E-state index contributed by atoms with van der Waals surface area (Å²) in [5, 5.41) is 0. The zero-order valence-corrected chi connectivity index (χ0v) is 10.9. The molecule has 0 spiro atoms. The first kappa shape index (κ1) is 16.4. The molecule has 0 aliphatic carbocycles. The van der Waals surface area contributed by atoms with Gasteiger partial charge in [0.15, 0.2) is 0 Å². The molecule has 0 aromatic carbocycles. The molecule has 2 N–H and O–H groups in total. The molecule has 0 amide bonds. The zero-order chi connectivity index (χ0) is 14.2. The molecule has 18 heavy (non-hydrogen) atoms. The number of carbonyl (C=O) groups excluding carboxylic acids is 3. The van der Waals surface area contributed by atoms with Crippen molar-refractivity contribution in [3.8, 4) is 0 Å². The summed E-state index contributed by atoms with van der Waals surface area (Å²) in [6.45, 7) is 4.18. The van der Waals surface area contributed by atoms with E-state index in [4.69, 9.17) is 19.9 Å². The summed E-state index contributed by atoms with van der Waals surface area (Å²) in [7, 11) is 0. The zero-order valence-electron chi connectivity index (χ0n) is 10.9. The summed E-state index contributed by atoms with van der Waals surface area (Å²) < 4.78 is 14.5. The number of esters is 3. The highest BCUT2D eigenvalue weighted by molar-refractivity contribution is 5.73. The minimum Gasteiger partial charge on any atom is -0.387 e. The van der Waals surface area contributed by atoms with Gasteiger partial charge >= 0.3 is 23.9 Å². The van der Waals surface area contributed by atoms with E-state index in [0.29, 0.717) is 0 Å². The van der Waals surface area contributed by atoms with Crippen LogP contribution in [-0.2, 0) is 28.6 Å². The molecule has 0 bridgehead atoms. The maximum atomic E-state index is 11.3. The van der Waals surface area contributed by atoms with E-state index in [-0.39, 0.29) is 19.3 Å². The highest BCUT2D eigenvalue weighted by atomic mass is 16.9. The van der Waals surface area contributed by atoms with Crippen LogP contribution in [0.25, 0.3) is 0 Å². The lowest BCUT2D eigenvalue weighted by molar-refractivity contribution is -0.324. The van der Waals surface area contributed by atoms with Crippen LogP contribution in [0.1, 0.15) is 40.0 Å². The first-order valence-electron chi connectivity index (χ1n) is 5.78. The van der Waals surface area contributed by atoms with Crippen LogP contribution in [0.15, 0.2) is 0 Å². The van der Waals surface area contributed by atoms with Crippen molar-refractivity contribution in [2.45, 2.75) is 46.0 Å². The van der Waals surface area contributed by atoms with Gasteiger partial charge in [0.2, 0.25) is 0 Å². The van der Waals surface area contributed by atoms with E-state index >= 15 is 0 Å². The summed E-state index contributed by atoms with van der Waals surface area (Å²) in [4.78, 5) is 33.8. The maximum absolute atomic E-state index is 11.3. The van der Waals surface area contributed by atoms with Crippen molar-refractivity contribution >= 4 is 17.9 Å². The van der Waals surface area contributed by atoms with E-state index in [9.17, 15) is 14.4 Å². The average Bonchev–Trinajstić information content (AvgIpc) is 2.37. The second kappa shape index (κ2) is 7.65. The second-order valence-electron chi connectivity index (χ2n) is 3.37. The molecule has 0 radical (unpaired) electrons. The normalized spacial score (nSPS) is 10.7. The standard InChI is InChI=1S/C11H19NO6/c1-4-8(13)16-11(7-12,17-9(14)5-2)18-10(15)6-3/h4-7,12H2,1-3H3. The maximum Gasteiger partial charge on any atom is 0.436 e. The van der Waals surface area contributed by atoms with Gasteiger partial charge in [-0.1, -0.05) is 20.8 Å². The van der Waals surface area contributed by atoms with Gasteiger partial charge in [0.05, 0.1) is 0 Å². The van der Waals surface area contributed by atoms with E-state index in [2.05, 4.69) is 0 Å². The summed E-state index contributed by atoms with van der Waals surface area (Å²) in [6, 6.07) is 0. The Labute approximate surface area is 106 Å². The van der Waals surface area contributed by atoms with Gasteiger partial charge in [-0.25, -0.2) is 0 Å². The van der Waals surface area contributed by atoms with Crippen LogP contribution in [0.4, 0.5) is 0 Å². The Kier molecular flexibility index (Phi) is 6.96. The molecule has 0 heterocycles. The molecule has 104 valence electrons. The van der Waals surface area contributed by atoms with Crippen molar-refractivity contribution < 1.29 is 28.6 Å². The second-order valence-corrected chi connectivity index (χ2v) is 3.37. The fourth-order valence-electron chi connectivity index (χ4n) is 0.924. The Bertz CT molecular complexity index is 269. The number of hydrogen-bond acceptors (Lipinski definition) is 7. The smallest absolute Gasteiger partial charge is 0.387 e. The van der Waals surface area contributed by atoms with Gasteiger partial charge in [-0.2, -0.15) is 0 Å². The molecule has 0 fully saturated rings. The fraction of sp³-hybridized carbons (Fsp3) is 0.727. The average molecular weight is 261 g/mol. The van der Waals surface area contributed by atoms with Crippen LogP contribution >= 0.6 is 0 Å². The predicted octanol–water partition coefficient (Wildman–Crippen LogP) is 0.458. The SMILES string of the molecule is CCC(=O)OC(CN)(OC(=O)CC)OC(=O)CC. The molecular formula is C11H19NO6. The molecule has 0 rings (SSSR count). The molecule has 7 heteroatoms. The number of ether oxygens (including phenoxy) is 3. The van der Waals surface area contributed by atoms with Crippen LogP contribution in [0.2, 0.25) is 0 Å². The van der Waals surface area contributed by atoms with Crippen molar-refractivity contribution in [3.63, 3.8) is 0 Å². The van der Waals surface area contributed by atoms with Gasteiger partial charge in [-0.3, -0.25) is 14.4 Å². The first-order valence-corrected chi connectivity index (χ1v) is 5.78. The van der Waals surface area contributed by atoms with Crippen molar-refractivity contribution in [2.24, 2.45) is 5.73 Å². The van der Waals surface area contributed by atoms with Crippen molar-refractivity contribution in [3.05, 3.63) is 0 Å². The minimum absolute atomic E-state index is 0.0368. The van der Waals surface area contributed by atoms with Gasteiger partial charge < -0.3 is 19.9 Å². The Morgan fingerprint density at radius 2 is 1.11 bits per heavy atom. The number of carbonyl (C=O) groups is 3. The van der Waals surface area contributed by atoms with Crippen LogP contribution in [-0.4, -0.2) is 30.4 Å². The third-order valence-electron chi connectivity index (χ3n) is 1.92. The fourth-order valence-corrected chi connectivity index (χ4v) is 0.924. The Hall–Kier alpha value is -1.63. The third kappa shape index (κ3) is 5.13. The molecule has 0 saturated carbocycles. The molecule has 7 nitrogen and oxygen atoms in total. The molecule has 0 atom stereocenters.